The highest BCUT2D eigenvalue weighted by molar-refractivity contribution is 5.76. The van der Waals surface area contributed by atoms with Gasteiger partial charge >= 0.3 is 0 Å². The lowest BCUT2D eigenvalue weighted by atomic mass is 10.2. The van der Waals surface area contributed by atoms with Crippen molar-refractivity contribution in [1.29, 1.82) is 0 Å². The van der Waals surface area contributed by atoms with E-state index in [1.165, 1.54) is 0 Å². The van der Waals surface area contributed by atoms with Crippen LogP contribution in [0.3, 0.4) is 0 Å². The Morgan fingerprint density at radius 1 is 1.14 bits per heavy atom. The Morgan fingerprint density at radius 3 is 2.90 bits per heavy atom. The fourth-order valence-electron chi connectivity index (χ4n) is 2.64. The number of nitrogens with zero attached hydrogens (tertiary/aromatic N) is 3. The lowest BCUT2D eigenvalue weighted by Gasteiger charge is -2.20. The maximum absolute atomic E-state index is 11.9. The van der Waals surface area contributed by atoms with E-state index in [9.17, 15) is 4.79 Å². The van der Waals surface area contributed by atoms with Gasteiger partial charge in [0.05, 0.1) is 17.2 Å². The topological polar surface area (TPSA) is 58.1 Å². The summed E-state index contributed by atoms with van der Waals surface area (Å²) in [4.78, 5) is 22.7. The SMILES string of the molecule is O=C1CCCCCN1CCNc1cnc2ccccc2n1. The molecule has 2 heterocycles. The quantitative estimate of drug-likeness (QED) is 0.937. The average Bonchev–Trinajstić information content (AvgIpc) is 2.72. The number of likely N-dealkylation sites (tertiary alicyclic amines) is 1. The largest absolute Gasteiger partial charge is 0.367 e. The van der Waals surface area contributed by atoms with Gasteiger partial charge in [-0.1, -0.05) is 18.6 Å². The second-order valence-corrected chi connectivity index (χ2v) is 5.36. The predicted octanol–water partition coefficient (Wildman–Crippen LogP) is 2.44. The first kappa shape index (κ1) is 13.8. The molecule has 1 amide bonds. The number of fused-ring (bicyclic) bond motifs is 1. The Morgan fingerprint density at radius 2 is 2.00 bits per heavy atom. The van der Waals surface area contributed by atoms with Gasteiger partial charge in [0.25, 0.3) is 0 Å². The standard InChI is InChI=1S/C16H20N4O/c21-16-8-2-1-5-10-20(16)11-9-17-15-12-18-13-6-3-4-7-14(13)19-15/h3-4,6-7,12H,1-2,5,8-11H2,(H,17,19). The highest BCUT2D eigenvalue weighted by Crippen LogP contribution is 2.12. The van der Waals surface area contributed by atoms with Crippen LogP contribution < -0.4 is 5.32 Å². The van der Waals surface area contributed by atoms with E-state index in [2.05, 4.69) is 15.3 Å². The van der Waals surface area contributed by atoms with Gasteiger partial charge < -0.3 is 10.2 Å². The van der Waals surface area contributed by atoms with Crippen molar-refractivity contribution in [2.24, 2.45) is 0 Å². The molecule has 1 aromatic carbocycles. The molecule has 0 spiro atoms. The second-order valence-electron chi connectivity index (χ2n) is 5.36. The maximum atomic E-state index is 11.9. The fraction of sp³-hybridized carbons (Fsp3) is 0.438. The number of aromatic nitrogens is 2. The second kappa shape index (κ2) is 6.52. The summed E-state index contributed by atoms with van der Waals surface area (Å²) in [5.74, 6) is 1.04. The Labute approximate surface area is 124 Å². The summed E-state index contributed by atoms with van der Waals surface area (Å²) >= 11 is 0. The number of anilines is 1. The number of carbonyl (C=O) groups is 1. The molecule has 1 aromatic heterocycles. The summed E-state index contributed by atoms with van der Waals surface area (Å²) < 4.78 is 0. The Hall–Kier alpha value is -2.17. The molecule has 1 saturated heterocycles. The molecule has 1 N–H and O–H groups in total. The van der Waals surface area contributed by atoms with Crippen LogP contribution in [-0.4, -0.2) is 40.4 Å². The molecule has 3 rings (SSSR count). The van der Waals surface area contributed by atoms with Gasteiger partial charge in [0.1, 0.15) is 5.82 Å². The highest BCUT2D eigenvalue weighted by Gasteiger charge is 2.15. The first-order chi connectivity index (χ1) is 10.3. The van der Waals surface area contributed by atoms with Gasteiger partial charge in [-0.15, -0.1) is 0 Å². The van der Waals surface area contributed by atoms with E-state index in [1.807, 2.05) is 29.2 Å². The third kappa shape index (κ3) is 3.48. The molecule has 110 valence electrons. The number of para-hydroxylation sites is 2. The van der Waals surface area contributed by atoms with Crippen LogP contribution in [0.15, 0.2) is 30.5 Å². The molecule has 5 heteroatoms. The lowest BCUT2D eigenvalue weighted by Crippen LogP contribution is -2.34. The van der Waals surface area contributed by atoms with Gasteiger partial charge in [0, 0.05) is 26.1 Å². The molecule has 1 aliphatic rings. The minimum Gasteiger partial charge on any atom is -0.367 e. The molecule has 0 unspecified atom stereocenters. The van der Waals surface area contributed by atoms with Crippen LogP contribution in [0.5, 0.6) is 0 Å². The first-order valence-electron chi connectivity index (χ1n) is 7.56. The van der Waals surface area contributed by atoms with Crippen molar-refractivity contribution in [2.45, 2.75) is 25.7 Å². The normalized spacial score (nSPS) is 16.0. The Balaban J connectivity index is 1.57. The molecule has 2 aromatic rings. The Bertz CT molecular complexity index is 628. The number of hydrogen-bond donors (Lipinski definition) is 1. The third-order valence-electron chi connectivity index (χ3n) is 3.81. The first-order valence-corrected chi connectivity index (χ1v) is 7.56. The summed E-state index contributed by atoms with van der Waals surface area (Å²) in [6.45, 7) is 2.32. The van der Waals surface area contributed by atoms with Crippen LogP contribution in [0.2, 0.25) is 0 Å². The van der Waals surface area contributed by atoms with Gasteiger partial charge in [-0.2, -0.15) is 0 Å². The minimum absolute atomic E-state index is 0.277. The molecular weight excluding hydrogens is 264 g/mol. The fourth-order valence-corrected chi connectivity index (χ4v) is 2.64. The van der Waals surface area contributed by atoms with Crippen LogP contribution in [0.4, 0.5) is 5.82 Å². The van der Waals surface area contributed by atoms with Crippen molar-refractivity contribution in [3.63, 3.8) is 0 Å². The molecule has 0 bridgehead atoms. The van der Waals surface area contributed by atoms with E-state index in [-0.39, 0.29) is 5.91 Å². The van der Waals surface area contributed by atoms with Crippen molar-refractivity contribution in [3.05, 3.63) is 30.5 Å². The maximum Gasteiger partial charge on any atom is 0.222 e. The molecule has 0 aliphatic carbocycles. The van der Waals surface area contributed by atoms with Crippen molar-refractivity contribution < 1.29 is 4.79 Å². The number of nitrogens with one attached hydrogen (secondary N) is 1. The van der Waals surface area contributed by atoms with E-state index < -0.39 is 0 Å². The molecule has 1 fully saturated rings. The van der Waals surface area contributed by atoms with Crippen LogP contribution >= 0.6 is 0 Å². The lowest BCUT2D eigenvalue weighted by molar-refractivity contribution is -0.130. The number of benzene rings is 1. The van der Waals surface area contributed by atoms with Gasteiger partial charge in [0.2, 0.25) is 5.91 Å². The number of hydrogen-bond acceptors (Lipinski definition) is 4. The van der Waals surface area contributed by atoms with Crippen molar-refractivity contribution in [2.75, 3.05) is 25.0 Å². The summed E-state index contributed by atoms with van der Waals surface area (Å²) in [7, 11) is 0. The highest BCUT2D eigenvalue weighted by atomic mass is 16.2. The zero-order valence-electron chi connectivity index (χ0n) is 12.1. The Kier molecular flexibility index (Phi) is 4.28. The zero-order chi connectivity index (χ0) is 14.5. The molecule has 1 aliphatic heterocycles. The van der Waals surface area contributed by atoms with Crippen LogP contribution in [-0.2, 0) is 4.79 Å². The average molecular weight is 284 g/mol. The summed E-state index contributed by atoms with van der Waals surface area (Å²) in [6, 6.07) is 7.81. The van der Waals surface area contributed by atoms with Gasteiger partial charge in [-0.05, 0) is 25.0 Å². The van der Waals surface area contributed by atoms with Crippen LogP contribution in [0, 0.1) is 0 Å². The summed E-state index contributed by atoms with van der Waals surface area (Å²) in [5, 5.41) is 3.26. The van der Waals surface area contributed by atoms with Gasteiger partial charge in [-0.25, -0.2) is 4.98 Å². The molecule has 0 radical (unpaired) electrons. The van der Waals surface area contributed by atoms with Crippen molar-refractivity contribution >= 4 is 22.8 Å². The van der Waals surface area contributed by atoms with Crippen LogP contribution in [0.25, 0.3) is 11.0 Å². The predicted molar refractivity (Wildman–Crippen MR) is 83.1 cm³/mol. The molecule has 0 atom stereocenters. The summed E-state index contributed by atoms with van der Waals surface area (Å²) in [6.07, 6.45) is 5.73. The smallest absolute Gasteiger partial charge is 0.222 e. The zero-order valence-corrected chi connectivity index (χ0v) is 12.1. The van der Waals surface area contributed by atoms with E-state index in [4.69, 9.17) is 0 Å². The van der Waals surface area contributed by atoms with Crippen LogP contribution in [0.1, 0.15) is 25.7 Å². The third-order valence-corrected chi connectivity index (χ3v) is 3.81. The molecular formula is C16H20N4O. The van der Waals surface area contributed by atoms with Crippen molar-refractivity contribution in [1.82, 2.24) is 14.9 Å². The molecule has 5 nitrogen and oxygen atoms in total. The molecule has 21 heavy (non-hydrogen) atoms. The van der Waals surface area contributed by atoms with Gasteiger partial charge in [-0.3, -0.25) is 9.78 Å². The van der Waals surface area contributed by atoms with E-state index in [0.29, 0.717) is 13.0 Å². The number of carbonyl (C=O) groups excluding carboxylic acids is 1. The monoisotopic (exact) mass is 284 g/mol. The number of rotatable bonds is 4. The number of amides is 1. The van der Waals surface area contributed by atoms with E-state index in [1.54, 1.807) is 6.20 Å². The van der Waals surface area contributed by atoms with Crippen molar-refractivity contribution in [3.8, 4) is 0 Å². The minimum atomic E-state index is 0.277. The van der Waals surface area contributed by atoms with Gasteiger partial charge in [0.15, 0.2) is 0 Å². The summed E-state index contributed by atoms with van der Waals surface area (Å²) in [5.41, 5.74) is 1.78. The van der Waals surface area contributed by atoms with E-state index in [0.717, 1.165) is 49.2 Å². The molecule has 0 saturated carbocycles. The van der Waals surface area contributed by atoms with E-state index >= 15 is 0 Å².